The Labute approximate surface area is 122 Å². The molecule has 0 aliphatic carbocycles. The van der Waals surface area contributed by atoms with Crippen molar-refractivity contribution in [2.75, 3.05) is 0 Å². The first-order valence-electron chi connectivity index (χ1n) is 6.11. The minimum absolute atomic E-state index is 0.104. The molecular weight excluding hydrogens is 308 g/mol. The summed E-state index contributed by atoms with van der Waals surface area (Å²) in [5.74, 6) is 0. The molecule has 0 radical (unpaired) electrons. The summed E-state index contributed by atoms with van der Waals surface area (Å²) in [5, 5.41) is 0.104. The van der Waals surface area contributed by atoms with Crippen LogP contribution >= 0.6 is 27.5 Å². The van der Waals surface area contributed by atoms with E-state index in [2.05, 4.69) is 64.5 Å². The highest BCUT2D eigenvalue weighted by molar-refractivity contribution is 9.09. The van der Waals surface area contributed by atoms with Gasteiger partial charge in [0.15, 0.2) is 0 Å². The summed E-state index contributed by atoms with van der Waals surface area (Å²) in [4.78, 5) is 0.293. The minimum atomic E-state index is 0.104. The molecule has 2 aromatic rings. The zero-order chi connectivity index (χ0) is 12.8. The fourth-order valence-corrected chi connectivity index (χ4v) is 2.76. The van der Waals surface area contributed by atoms with Crippen LogP contribution in [-0.2, 0) is 12.8 Å². The molecule has 0 aliphatic rings. The van der Waals surface area contributed by atoms with Gasteiger partial charge in [0, 0.05) is 4.83 Å². The molecule has 0 bridgehead atoms. The number of alkyl halides is 2. The molecule has 0 aromatic heterocycles. The second-order valence-corrected chi connectivity index (χ2v) is 6.15. The largest absolute Gasteiger partial charge is 0.121 e. The molecule has 0 spiro atoms. The van der Waals surface area contributed by atoms with Gasteiger partial charge in [-0.3, -0.25) is 0 Å². The predicted molar refractivity (Wildman–Crippen MR) is 82.6 cm³/mol. The Morgan fingerprint density at radius 3 is 1.72 bits per heavy atom. The maximum atomic E-state index is 6.47. The van der Waals surface area contributed by atoms with Gasteiger partial charge in [-0.05, 0) is 24.0 Å². The van der Waals surface area contributed by atoms with Crippen LogP contribution in [0, 0.1) is 0 Å². The van der Waals surface area contributed by atoms with Gasteiger partial charge in [-0.25, -0.2) is 0 Å². The van der Waals surface area contributed by atoms with Gasteiger partial charge in [0.25, 0.3) is 0 Å². The summed E-state index contributed by atoms with van der Waals surface area (Å²) in [6, 6.07) is 20.8. The van der Waals surface area contributed by atoms with Gasteiger partial charge in [-0.2, -0.15) is 0 Å². The molecule has 0 fully saturated rings. The lowest BCUT2D eigenvalue weighted by molar-refractivity contribution is 0.772. The molecule has 0 nitrogen and oxygen atoms in total. The Hall–Kier alpha value is -0.790. The van der Waals surface area contributed by atoms with E-state index >= 15 is 0 Å². The Balaban J connectivity index is 1.91. The molecule has 2 aromatic carbocycles. The van der Waals surface area contributed by atoms with Crippen LogP contribution in [0.4, 0.5) is 0 Å². The van der Waals surface area contributed by atoms with Crippen LogP contribution in [0.15, 0.2) is 60.7 Å². The predicted octanol–water partition coefficient (Wildman–Crippen LogP) is 4.84. The summed E-state index contributed by atoms with van der Waals surface area (Å²) < 4.78 is 0. The molecule has 18 heavy (non-hydrogen) atoms. The van der Waals surface area contributed by atoms with Crippen LogP contribution in [0.5, 0.6) is 0 Å². The van der Waals surface area contributed by atoms with Crippen molar-refractivity contribution in [1.29, 1.82) is 0 Å². The number of hydrogen-bond donors (Lipinski definition) is 0. The Kier molecular flexibility index (Phi) is 5.27. The van der Waals surface area contributed by atoms with Gasteiger partial charge >= 0.3 is 0 Å². The van der Waals surface area contributed by atoms with Crippen LogP contribution in [0.3, 0.4) is 0 Å². The van der Waals surface area contributed by atoms with Gasteiger partial charge in [-0.1, -0.05) is 76.6 Å². The summed E-state index contributed by atoms with van der Waals surface area (Å²) in [6.07, 6.45) is 1.85. The highest BCUT2D eigenvalue weighted by Gasteiger charge is 2.17. The normalized spacial score (nSPS) is 14.1. The van der Waals surface area contributed by atoms with Crippen LogP contribution in [0.25, 0.3) is 0 Å². The van der Waals surface area contributed by atoms with Crippen molar-refractivity contribution < 1.29 is 0 Å². The van der Waals surface area contributed by atoms with Crippen molar-refractivity contribution in [1.82, 2.24) is 0 Å². The SMILES string of the molecule is ClC(Cc1ccccc1)C(Br)Cc1ccccc1. The van der Waals surface area contributed by atoms with E-state index in [0.29, 0.717) is 4.83 Å². The summed E-state index contributed by atoms with van der Waals surface area (Å²) in [6.45, 7) is 0. The van der Waals surface area contributed by atoms with Gasteiger partial charge in [-0.15, -0.1) is 11.6 Å². The Morgan fingerprint density at radius 1 is 0.778 bits per heavy atom. The van der Waals surface area contributed by atoms with Gasteiger partial charge in [0.05, 0.1) is 5.38 Å². The van der Waals surface area contributed by atoms with E-state index in [1.807, 2.05) is 12.1 Å². The maximum Gasteiger partial charge on any atom is 0.0504 e. The van der Waals surface area contributed by atoms with Crippen LogP contribution < -0.4 is 0 Å². The smallest absolute Gasteiger partial charge is 0.0504 e. The summed E-state index contributed by atoms with van der Waals surface area (Å²) in [5.41, 5.74) is 2.60. The average Bonchev–Trinajstić information content (AvgIpc) is 2.41. The zero-order valence-corrected chi connectivity index (χ0v) is 12.4. The van der Waals surface area contributed by atoms with Crippen LogP contribution in [-0.4, -0.2) is 10.2 Å². The fourth-order valence-electron chi connectivity index (χ4n) is 1.93. The molecule has 0 saturated heterocycles. The molecule has 0 N–H and O–H groups in total. The highest BCUT2D eigenvalue weighted by Crippen LogP contribution is 2.21. The highest BCUT2D eigenvalue weighted by atomic mass is 79.9. The topological polar surface area (TPSA) is 0 Å². The molecule has 94 valence electrons. The van der Waals surface area contributed by atoms with Crippen molar-refractivity contribution >= 4 is 27.5 Å². The maximum absolute atomic E-state index is 6.47. The first-order chi connectivity index (χ1) is 8.75. The molecule has 2 heteroatoms. The number of halogens is 2. The molecule has 0 saturated carbocycles. The van der Waals surface area contributed by atoms with E-state index in [-0.39, 0.29) is 5.38 Å². The van der Waals surface area contributed by atoms with Gasteiger partial charge < -0.3 is 0 Å². The van der Waals surface area contributed by atoms with E-state index in [4.69, 9.17) is 11.6 Å². The standard InChI is InChI=1S/C16H16BrCl/c17-15(11-13-7-3-1-4-8-13)16(18)12-14-9-5-2-6-10-14/h1-10,15-16H,11-12H2. The molecule has 0 aliphatic heterocycles. The third kappa shape index (κ3) is 4.15. The van der Waals surface area contributed by atoms with Crippen molar-refractivity contribution in [2.24, 2.45) is 0 Å². The Morgan fingerprint density at radius 2 is 1.22 bits per heavy atom. The second kappa shape index (κ2) is 6.96. The molecule has 2 unspecified atom stereocenters. The van der Waals surface area contributed by atoms with Gasteiger partial charge in [0.1, 0.15) is 0 Å². The summed E-state index contributed by atoms with van der Waals surface area (Å²) in [7, 11) is 0. The third-order valence-electron chi connectivity index (χ3n) is 2.94. The third-order valence-corrected chi connectivity index (χ3v) is 4.66. The molecule has 2 rings (SSSR count). The average molecular weight is 324 g/mol. The van der Waals surface area contributed by atoms with E-state index in [9.17, 15) is 0 Å². The van der Waals surface area contributed by atoms with E-state index in [0.717, 1.165) is 12.8 Å². The van der Waals surface area contributed by atoms with Crippen molar-refractivity contribution in [2.45, 2.75) is 23.0 Å². The van der Waals surface area contributed by atoms with Crippen LogP contribution in [0.1, 0.15) is 11.1 Å². The second-order valence-electron chi connectivity index (χ2n) is 4.41. The molecule has 0 amide bonds. The van der Waals surface area contributed by atoms with Crippen molar-refractivity contribution in [3.05, 3.63) is 71.8 Å². The molecule has 2 atom stereocenters. The monoisotopic (exact) mass is 322 g/mol. The molecule has 0 heterocycles. The van der Waals surface area contributed by atoms with E-state index in [1.165, 1.54) is 11.1 Å². The van der Waals surface area contributed by atoms with Crippen molar-refractivity contribution in [3.8, 4) is 0 Å². The zero-order valence-electron chi connectivity index (χ0n) is 10.1. The van der Waals surface area contributed by atoms with Crippen molar-refractivity contribution in [3.63, 3.8) is 0 Å². The molecular formula is C16H16BrCl. The van der Waals surface area contributed by atoms with Gasteiger partial charge in [0.2, 0.25) is 0 Å². The number of rotatable bonds is 5. The first-order valence-corrected chi connectivity index (χ1v) is 7.47. The Bertz CT molecular complexity index is 410. The first kappa shape index (κ1) is 13.6. The number of benzene rings is 2. The lowest BCUT2D eigenvalue weighted by Gasteiger charge is -2.16. The minimum Gasteiger partial charge on any atom is -0.121 e. The fraction of sp³-hybridized carbons (Fsp3) is 0.250. The number of hydrogen-bond acceptors (Lipinski definition) is 0. The van der Waals surface area contributed by atoms with Crippen LogP contribution in [0.2, 0.25) is 0 Å². The lowest BCUT2D eigenvalue weighted by Crippen LogP contribution is -2.19. The summed E-state index contributed by atoms with van der Waals surface area (Å²) >= 11 is 10.2. The van der Waals surface area contributed by atoms with E-state index in [1.54, 1.807) is 0 Å². The lowest BCUT2D eigenvalue weighted by atomic mass is 10.0. The quantitative estimate of drug-likeness (QED) is 0.691. The van der Waals surface area contributed by atoms with E-state index < -0.39 is 0 Å².